The van der Waals surface area contributed by atoms with Gasteiger partial charge in [-0.3, -0.25) is 18.9 Å². The van der Waals surface area contributed by atoms with Gasteiger partial charge in [-0.1, -0.05) is 200 Å². The van der Waals surface area contributed by atoms with Crippen molar-refractivity contribution in [3.05, 3.63) is 264 Å². The SMILES string of the molecule is O=C(Nc1ncc2ncn([C@@H]3O[C@H](COC(c4ccccc4)(c4ccccc4)c4ccccc4)[C@@H](OC(c4ccccc4)(c4ccccc4)c4ccccc4)[C@H]3OS(=O)(=O)C(F)(F)F)c2n1)c1ccccc1. The van der Waals surface area contributed by atoms with Crippen LogP contribution in [0, 0.1) is 0 Å². The van der Waals surface area contributed by atoms with Gasteiger partial charge in [-0.25, -0.2) is 9.97 Å². The van der Waals surface area contributed by atoms with E-state index in [9.17, 15) is 26.4 Å². The molecule has 4 atom stereocenters. The Bertz CT molecular complexity index is 3170. The van der Waals surface area contributed by atoms with Crippen LogP contribution in [0.1, 0.15) is 50.0 Å². The van der Waals surface area contributed by atoms with E-state index in [1.54, 1.807) is 66.7 Å². The number of imidazole rings is 1. The Morgan fingerprint density at radius 2 is 1.00 bits per heavy atom. The summed E-state index contributed by atoms with van der Waals surface area (Å²) in [5.74, 6) is -0.724. The Labute approximate surface area is 412 Å². The molecule has 1 aliphatic heterocycles. The maximum Gasteiger partial charge on any atom is 0.523 e. The molecule has 0 unspecified atom stereocenters. The predicted molar refractivity (Wildman–Crippen MR) is 263 cm³/mol. The molecule has 16 heteroatoms. The minimum atomic E-state index is -6.42. The number of nitrogens with zero attached hydrogens (tertiary/aromatic N) is 4. The van der Waals surface area contributed by atoms with E-state index in [-0.39, 0.29) is 17.1 Å². The zero-order valence-corrected chi connectivity index (χ0v) is 38.9. The number of hydrogen-bond donors (Lipinski definition) is 1. The van der Waals surface area contributed by atoms with Crippen LogP contribution in [0.15, 0.2) is 225 Å². The van der Waals surface area contributed by atoms with E-state index >= 15 is 0 Å². The van der Waals surface area contributed by atoms with Crippen LogP contribution in [0.5, 0.6) is 0 Å². The molecular formula is C56H44F3N5O7S. The second-order valence-electron chi connectivity index (χ2n) is 16.9. The van der Waals surface area contributed by atoms with Gasteiger partial charge in [-0.2, -0.15) is 26.6 Å². The number of nitrogens with one attached hydrogen (secondary N) is 1. The van der Waals surface area contributed by atoms with Crippen LogP contribution in [0.3, 0.4) is 0 Å². The third-order valence-corrected chi connectivity index (χ3v) is 13.6. The molecule has 72 heavy (non-hydrogen) atoms. The highest BCUT2D eigenvalue weighted by molar-refractivity contribution is 7.87. The number of alkyl halides is 3. The van der Waals surface area contributed by atoms with Gasteiger partial charge in [0.15, 0.2) is 18.0 Å². The van der Waals surface area contributed by atoms with Crippen molar-refractivity contribution in [2.45, 2.75) is 41.3 Å². The first-order chi connectivity index (χ1) is 35.0. The summed E-state index contributed by atoms with van der Waals surface area (Å²) in [6.07, 6.45) is -4.50. The van der Waals surface area contributed by atoms with E-state index in [1.807, 2.05) is 146 Å². The third kappa shape index (κ3) is 9.17. The topological polar surface area (TPSA) is 144 Å². The molecule has 0 saturated carbocycles. The number of benzene rings is 7. The number of amides is 1. The number of carbonyl (C=O) groups is 1. The van der Waals surface area contributed by atoms with Gasteiger partial charge in [-0.05, 0) is 45.5 Å². The summed E-state index contributed by atoms with van der Waals surface area (Å²) in [5, 5.41) is 2.65. The second-order valence-corrected chi connectivity index (χ2v) is 18.4. The van der Waals surface area contributed by atoms with Crippen LogP contribution in [0.2, 0.25) is 0 Å². The maximum absolute atomic E-state index is 14.8. The van der Waals surface area contributed by atoms with Crippen molar-refractivity contribution in [1.82, 2.24) is 19.5 Å². The van der Waals surface area contributed by atoms with E-state index < -0.39 is 63.9 Å². The number of carbonyl (C=O) groups excluding carboxylic acids is 1. The zero-order valence-electron chi connectivity index (χ0n) is 38.1. The average molecular weight is 988 g/mol. The van der Waals surface area contributed by atoms with E-state index in [0.717, 1.165) is 0 Å². The molecule has 0 aliphatic carbocycles. The fraction of sp³-hybridized carbons (Fsp3) is 0.143. The number of anilines is 1. The molecule has 1 fully saturated rings. The van der Waals surface area contributed by atoms with E-state index in [4.69, 9.17) is 18.4 Å². The Morgan fingerprint density at radius 1 is 0.583 bits per heavy atom. The lowest BCUT2D eigenvalue weighted by Crippen LogP contribution is -2.48. The molecule has 7 aromatic carbocycles. The summed E-state index contributed by atoms with van der Waals surface area (Å²) < 4.78 is 100. The van der Waals surface area contributed by atoms with Gasteiger partial charge < -0.3 is 14.2 Å². The lowest BCUT2D eigenvalue weighted by molar-refractivity contribution is -0.131. The summed E-state index contributed by atoms with van der Waals surface area (Å²) in [6, 6.07) is 63.8. The minimum absolute atomic E-state index is 0.0377. The van der Waals surface area contributed by atoms with Gasteiger partial charge in [0, 0.05) is 5.56 Å². The van der Waals surface area contributed by atoms with Crippen LogP contribution in [-0.4, -0.2) is 64.3 Å². The highest BCUT2D eigenvalue weighted by atomic mass is 32.2. The average Bonchev–Trinajstić information content (AvgIpc) is 3.99. The number of aromatic nitrogens is 4. The zero-order chi connectivity index (χ0) is 49.8. The standard InChI is InChI=1S/C56H44F3N5O7S/c57-56(58,59)72(66,67)71-49-48(70-55(43-30-16-5-17-31-43,44-32-18-6-19-33-44)45-34-20-7-21-35-45)47(37-68-54(40-24-10-2-11-25-40,41-26-12-3-13-27-41)42-28-14-4-15-29-42)69-52(49)64-38-61-46-36-60-53(62-50(46)64)63-51(65)39-22-8-1-9-23-39/h1-36,38,47-49,52H,37H2,(H,60,62,63,65)/t47-,48-,49-,52-/m1/s1. The van der Waals surface area contributed by atoms with Gasteiger partial charge >= 0.3 is 15.6 Å². The molecule has 10 rings (SSSR count). The first kappa shape index (κ1) is 47.8. The van der Waals surface area contributed by atoms with Crippen molar-refractivity contribution >= 4 is 33.1 Å². The molecule has 0 spiro atoms. The lowest BCUT2D eigenvalue weighted by Gasteiger charge is -2.41. The minimum Gasteiger partial charge on any atom is -0.358 e. The number of fused-ring (bicyclic) bond motifs is 1. The smallest absolute Gasteiger partial charge is 0.358 e. The number of halogens is 3. The Morgan fingerprint density at radius 3 is 1.43 bits per heavy atom. The second kappa shape index (κ2) is 20.1. The summed E-state index contributed by atoms with van der Waals surface area (Å²) in [6.45, 7) is -0.430. The molecule has 1 aliphatic rings. The van der Waals surface area contributed by atoms with Crippen molar-refractivity contribution in [2.75, 3.05) is 11.9 Å². The van der Waals surface area contributed by atoms with Crippen LogP contribution in [0.25, 0.3) is 11.2 Å². The van der Waals surface area contributed by atoms with Gasteiger partial charge in [0.25, 0.3) is 5.91 Å². The summed E-state index contributed by atoms with van der Waals surface area (Å²) in [4.78, 5) is 26.6. The molecule has 1 N–H and O–H groups in total. The number of rotatable bonds is 16. The molecule has 2 aromatic heterocycles. The normalized spacial score (nSPS) is 17.4. The number of ether oxygens (including phenoxy) is 3. The largest absolute Gasteiger partial charge is 0.523 e. The van der Waals surface area contributed by atoms with Crippen molar-refractivity contribution in [3.8, 4) is 0 Å². The first-order valence-electron chi connectivity index (χ1n) is 22.8. The Kier molecular flexibility index (Phi) is 13.3. The molecule has 12 nitrogen and oxygen atoms in total. The first-order valence-corrected chi connectivity index (χ1v) is 24.2. The van der Waals surface area contributed by atoms with Crippen LogP contribution in [0.4, 0.5) is 19.1 Å². The summed E-state index contributed by atoms with van der Waals surface area (Å²) in [5.41, 5.74) is -4.78. The highest BCUT2D eigenvalue weighted by Gasteiger charge is 2.58. The molecule has 3 heterocycles. The quantitative estimate of drug-likeness (QED) is 0.0564. The number of hydrogen-bond acceptors (Lipinski definition) is 10. The van der Waals surface area contributed by atoms with Gasteiger partial charge in [0.05, 0.1) is 19.1 Å². The third-order valence-electron chi connectivity index (χ3n) is 12.5. The fourth-order valence-corrected chi connectivity index (χ4v) is 9.86. The van der Waals surface area contributed by atoms with Crippen LogP contribution < -0.4 is 5.32 Å². The summed E-state index contributed by atoms with van der Waals surface area (Å²) in [7, 11) is -6.42. The van der Waals surface area contributed by atoms with Crippen LogP contribution in [-0.2, 0) is 39.7 Å². The molecule has 0 bridgehead atoms. The van der Waals surface area contributed by atoms with E-state index in [0.29, 0.717) is 38.9 Å². The fourth-order valence-electron chi connectivity index (χ4n) is 9.25. The van der Waals surface area contributed by atoms with Crippen molar-refractivity contribution in [3.63, 3.8) is 0 Å². The van der Waals surface area contributed by atoms with Gasteiger partial charge in [-0.15, -0.1) is 0 Å². The molecule has 9 aromatic rings. The van der Waals surface area contributed by atoms with Crippen LogP contribution >= 0.6 is 0 Å². The van der Waals surface area contributed by atoms with E-state index in [1.165, 1.54) is 17.1 Å². The molecular weight excluding hydrogens is 944 g/mol. The molecule has 362 valence electrons. The van der Waals surface area contributed by atoms with E-state index in [2.05, 4.69) is 20.3 Å². The Hall–Kier alpha value is -7.86. The molecule has 0 radical (unpaired) electrons. The van der Waals surface area contributed by atoms with Crippen molar-refractivity contribution < 1.29 is 44.8 Å². The molecule has 1 amide bonds. The monoisotopic (exact) mass is 987 g/mol. The summed E-state index contributed by atoms with van der Waals surface area (Å²) >= 11 is 0. The lowest BCUT2D eigenvalue weighted by atomic mass is 9.79. The highest BCUT2D eigenvalue weighted by Crippen LogP contribution is 2.48. The van der Waals surface area contributed by atoms with Gasteiger partial charge in [0.2, 0.25) is 5.95 Å². The molecule has 1 saturated heterocycles. The maximum atomic E-state index is 14.8. The predicted octanol–water partition coefficient (Wildman–Crippen LogP) is 10.6. The van der Waals surface area contributed by atoms with Crippen molar-refractivity contribution in [1.29, 1.82) is 0 Å². The van der Waals surface area contributed by atoms with Crippen molar-refractivity contribution in [2.24, 2.45) is 0 Å². The van der Waals surface area contributed by atoms with Gasteiger partial charge in [0.1, 0.15) is 28.9 Å². The Balaban J connectivity index is 1.19.